The summed E-state index contributed by atoms with van der Waals surface area (Å²) in [6.07, 6.45) is 8.14. The molecule has 0 atom stereocenters. The highest BCUT2D eigenvalue weighted by Gasteiger charge is 2.47. The maximum Gasteiger partial charge on any atom is 0.227 e. The number of aromatic nitrogens is 4. The van der Waals surface area contributed by atoms with Gasteiger partial charge >= 0.3 is 0 Å². The fraction of sp³-hybridized carbons (Fsp3) is 0. The highest BCUT2D eigenvalue weighted by atomic mass is 32.1. The third-order valence-electron chi connectivity index (χ3n) is 13.0. The monoisotopic (exact) mass is 916 g/mol. The molecule has 0 aliphatic rings. The first-order valence-corrected chi connectivity index (χ1v) is 26.8. The van der Waals surface area contributed by atoms with E-state index < -0.39 is 8.07 Å². The van der Waals surface area contributed by atoms with Gasteiger partial charge in [-0.15, -0.1) is 45.3 Å². The van der Waals surface area contributed by atoms with Crippen LogP contribution < -0.4 is 21.0 Å². The largest absolute Gasteiger partial charge is 0.263 e. The molecule has 304 valence electrons. The van der Waals surface area contributed by atoms with E-state index in [1.165, 1.54) is 91.1 Å². The van der Waals surface area contributed by atoms with E-state index in [0.29, 0.717) is 0 Å². The average molecular weight is 917 g/mol. The van der Waals surface area contributed by atoms with Crippen molar-refractivity contribution in [1.29, 1.82) is 0 Å². The Hall–Kier alpha value is -6.98. The second kappa shape index (κ2) is 14.5. The van der Waals surface area contributed by atoms with E-state index in [2.05, 4.69) is 170 Å². The van der Waals surface area contributed by atoms with Crippen molar-refractivity contribution in [2.45, 2.75) is 0 Å². The molecule has 14 rings (SSSR count). The second-order valence-corrected chi connectivity index (χ2v) is 24.4. The summed E-state index contributed by atoms with van der Waals surface area (Å²) in [5, 5.41) is 14.6. The molecule has 0 aliphatic heterocycles. The minimum absolute atomic E-state index is 0.981. The van der Waals surface area contributed by atoms with Crippen molar-refractivity contribution in [3.8, 4) is 22.5 Å². The number of fused-ring (bicyclic) bond motifs is 12. The quantitative estimate of drug-likeness (QED) is 0.156. The summed E-state index contributed by atoms with van der Waals surface area (Å²) >= 11 is 7.29. The normalized spacial score (nSPS) is 12.3. The van der Waals surface area contributed by atoms with E-state index in [-0.39, 0.29) is 0 Å². The lowest BCUT2D eigenvalue weighted by molar-refractivity contribution is 1.37. The van der Waals surface area contributed by atoms with Crippen molar-refractivity contribution < 1.29 is 0 Å². The van der Waals surface area contributed by atoms with Crippen molar-refractivity contribution in [3.63, 3.8) is 0 Å². The molecule has 4 nitrogen and oxygen atoms in total. The van der Waals surface area contributed by atoms with Gasteiger partial charge in [0, 0.05) is 97.8 Å². The van der Waals surface area contributed by atoms with Crippen LogP contribution in [0.4, 0.5) is 0 Å². The number of pyridine rings is 4. The standard InChI is InChI=1S/C56H32N4S4Si/c1-3-11-35(12-4-1)65(36-13-5-2-6-14-36,55-53-39(23-25-57-55)41-27-33(19-21-49(41)63-53)45-29-43-37-15-7-9-17-47(37)61-51(43)31-59-45)56-54-40(24-26-58-56)42-28-34(20-22-50(42)64-54)46-30-44-38-16-8-10-18-48(38)62-52(44)32-60-46/h1-32H. The number of benzene rings is 6. The number of hydrogen-bond acceptors (Lipinski definition) is 8. The van der Waals surface area contributed by atoms with E-state index in [4.69, 9.17) is 19.9 Å². The molecule has 14 aromatic rings. The molecule has 0 aliphatic carbocycles. The Bertz CT molecular complexity index is 3940. The molecule has 8 aromatic heterocycles. The Morgan fingerprint density at radius 2 is 0.723 bits per heavy atom. The van der Waals surface area contributed by atoms with Crippen LogP contribution in [0.2, 0.25) is 0 Å². The number of hydrogen-bond donors (Lipinski definition) is 0. The third kappa shape index (κ3) is 5.63. The molecule has 0 N–H and O–H groups in total. The van der Waals surface area contributed by atoms with Crippen LogP contribution in [0.5, 0.6) is 0 Å². The van der Waals surface area contributed by atoms with Gasteiger partial charge < -0.3 is 0 Å². The minimum Gasteiger partial charge on any atom is -0.263 e. The highest BCUT2D eigenvalue weighted by molar-refractivity contribution is 7.33. The van der Waals surface area contributed by atoms with Crippen LogP contribution in [0.1, 0.15) is 0 Å². The van der Waals surface area contributed by atoms with Crippen LogP contribution in [0, 0.1) is 0 Å². The number of rotatable bonds is 6. The molecule has 0 radical (unpaired) electrons. The second-order valence-electron chi connectivity index (χ2n) is 16.5. The van der Waals surface area contributed by atoms with Crippen molar-refractivity contribution in [1.82, 2.24) is 19.9 Å². The summed E-state index contributed by atoms with van der Waals surface area (Å²) in [4.78, 5) is 21.0. The summed E-state index contributed by atoms with van der Waals surface area (Å²) < 4.78 is 9.86. The lowest BCUT2D eigenvalue weighted by atomic mass is 10.1. The summed E-state index contributed by atoms with van der Waals surface area (Å²) in [7, 11) is -3.23. The zero-order valence-corrected chi connectivity index (χ0v) is 38.7. The van der Waals surface area contributed by atoms with Crippen molar-refractivity contribution in [2.24, 2.45) is 0 Å². The SMILES string of the molecule is c1ccc([Si](c2ccccc2)(c2nccc3c2sc2ccc(-c4cc5c(cn4)sc4ccccc45)cc23)c2nccc3c2sc2ccc(-c4cc5c(cn4)sc4ccccc45)cc23)cc1. The van der Waals surface area contributed by atoms with Gasteiger partial charge in [0.1, 0.15) is 0 Å². The van der Waals surface area contributed by atoms with E-state index in [1.807, 2.05) is 47.5 Å². The van der Waals surface area contributed by atoms with Gasteiger partial charge in [0.2, 0.25) is 8.07 Å². The zero-order valence-electron chi connectivity index (χ0n) is 34.4. The first kappa shape index (κ1) is 37.4. The Balaban J connectivity index is 0.993. The van der Waals surface area contributed by atoms with Crippen molar-refractivity contribution >= 4 is 155 Å². The molecular weight excluding hydrogens is 885 g/mol. The van der Waals surface area contributed by atoms with Crippen molar-refractivity contribution in [2.75, 3.05) is 0 Å². The molecule has 0 saturated carbocycles. The Labute approximate surface area is 389 Å². The molecular formula is C56H32N4S4Si. The summed E-state index contributed by atoms with van der Waals surface area (Å²) in [6, 6.07) is 62.1. The Morgan fingerprint density at radius 1 is 0.308 bits per heavy atom. The van der Waals surface area contributed by atoms with Gasteiger partial charge in [0.15, 0.2) is 0 Å². The van der Waals surface area contributed by atoms with Gasteiger partial charge in [-0.25, -0.2) is 0 Å². The fourth-order valence-corrected chi connectivity index (χ4v) is 20.0. The van der Waals surface area contributed by atoms with Gasteiger partial charge in [-0.05, 0) is 71.0 Å². The molecule has 8 heterocycles. The number of thiophene rings is 4. The minimum atomic E-state index is -3.23. The van der Waals surface area contributed by atoms with E-state index in [0.717, 1.165) is 33.1 Å². The van der Waals surface area contributed by atoms with Crippen LogP contribution in [0.3, 0.4) is 0 Å². The molecule has 0 amide bonds. The third-order valence-corrected chi connectivity index (χ3v) is 22.6. The molecule has 0 fully saturated rings. The summed E-state index contributed by atoms with van der Waals surface area (Å²) in [5.74, 6) is 0. The Morgan fingerprint density at radius 3 is 1.20 bits per heavy atom. The fourth-order valence-electron chi connectivity index (χ4n) is 10.0. The summed E-state index contributed by atoms with van der Waals surface area (Å²) in [6.45, 7) is 0. The zero-order chi connectivity index (χ0) is 42.6. The predicted molar refractivity (Wildman–Crippen MR) is 284 cm³/mol. The van der Waals surface area contributed by atoms with E-state index in [9.17, 15) is 0 Å². The van der Waals surface area contributed by atoms with Gasteiger partial charge in [0.05, 0.1) is 40.8 Å². The lowest BCUT2D eigenvalue weighted by Gasteiger charge is -2.32. The van der Waals surface area contributed by atoms with E-state index >= 15 is 0 Å². The van der Waals surface area contributed by atoms with Gasteiger partial charge in [-0.3, -0.25) is 19.9 Å². The molecule has 0 unspecified atom stereocenters. The molecule has 65 heavy (non-hydrogen) atoms. The molecule has 6 aromatic carbocycles. The number of nitrogens with zero attached hydrogens (tertiary/aromatic N) is 4. The van der Waals surface area contributed by atoms with Crippen molar-refractivity contribution in [3.05, 3.63) is 195 Å². The lowest BCUT2D eigenvalue weighted by Crippen LogP contribution is -2.76. The van der Waals surface area contributed by atoms with Crippen LogP contribution in [-0.4, -0.2) is 28.0 Å². The highest BCUT2D eigenvalue weighted by Crippen LogP contribution is 2.41. The maximum absolute atomic E-state index is 5.52. The van der Waals surface area contributed by atoms with Crippen LogP contribution >= 0.6 is 45.3 Å². The molecule has 0 saturated heterocycles. The maximum atomic E-state index is 5.52. The smallest absolute Gasteiger partial charge is 0.227 e. The molecule has 9 heteroatoms. The van der Waals surface area contributed by atoms with Crippen LogP contribution in [0.25, 0.3) is 103 Å². The first-order valence-electron chi connectivity index (χ1n) is 21.5. The average Bonchev–Trinajstić information content (AvgIpc) is 4.15. The predicted octanol–water partition coefficient (Wildman–Crippen LogP) is 13.4. The molecule has 0 bridgehead atoms. The Kier molecular flexibility index (Phi) is 8.35. The van der Waals surface area contributed by atoms with Crippen LogP contribution in [-0.2, 0) is 0 Å². The van der Waals surface area contributed by atoms with Gasteiger partial charge in [-0.1, -0.05) is 109 Å². The molecule has 0 spiro atoms. The summed E-state index contributed by atoms with van der Waals surface area (Å²) in [5.41, 5.74) is 4.18. The van der Waals surface area contributed by atoms with E-state index in [1.54, 1.807) is 22.7 Å². The van der Waals surface area contributed by atoms with Gasteiger partial charge in [0.25, 0.3) is 0 Å². The van der Waals surface area contributed by atoms with Gasteiger partial charge in [-0.2, -0.15) is 0 Å². The first-order chi connectivity index (χ1) is 32.2. The topological polar surface area (TPSA) is 51.6 Å². The van der Waals surface area contributed by atoms with Crippen LogP contribution in [0.15, 0.2) is 195 Å².